The lowest BCUT2D eigenvalue weighted by Gasteiger charge is -2.23. The number of hydrogen-bond donors (Lipinski definition) is 1. The number of methoxy groups -OCH3 is 1. The van der Waals surface area contributed by atoms with Crippen LogP contribution in [0.3, 0.4) is 0 Å². The number of nitrogens with one attached hydrogen (secondary N) is 1. The summed E-state index contributed by atoms with van der Waals surface area (Å²) in [4.78, 5) is 0. The van der Waals surface area contributed by atoms with Crippen LogP contribution in [0.5, 0.6) is 5.75 Å². The zero-order valence-electron chi connectivity index (χ0n) is 12.8. The normalized spacial score (nSPS) is 16.1. The van der Waals surface area contributed by atoms with E-state index in [-0.39, 0.29) is 11.9 Å². The number of ether oxygens (including phenoxy) is 1. The second-order valence-electron chi connectivity index (χ2n) is 5.38. The molecule has 0 saturated carbocycles. The molecule has 0 radical (unpaired) electrons. The van der Waals surface area contributed by atoms with Crippen LogP contribution in [0, 0.1) is 5.82 Å². The maximum Gasteiger partial charge on any atom is 0.248 e. The molecule has 0 saturated heterocycles. The Morgan fingerprint density at radius 2 is 2.00 bits per heavy atom. The van der Waals surface area contributed by atoms with Crippen molar-refractivity contribution in [3.05, 3.63) is 71.6 Å². The highest BCUT2D eigenvalue weighted by molar-refractivity contribution is 5.76. The van der Waals surface area contributed by atoms with Crippen LogP contribution < -0.4 is 10.1 Å². The van der Waals surface area contributed by atoms with E-state index in [2.05, 4.69) is 20.8 Å². The number of halogens is 1. The van der Waals surface area contributed by atoms with Crippen LogP contribution in [0.25, 0.3) is 5.70 Å². The Kier molecular flexibility index (Phi) is 3.45. The van der Waals surface area contributed by atoms with E-state index < -0.39 is 0 Å². The van der Waals surface area contributed by atoms with Crippen LogP contribution in [0.15, 0.2) is 54.6 Å². The molecule has 4 rings (SSSR count). The van der Waals surface area contributed by atoms with Gasteiger partial charge in [-0.15, -0.1) is 0 Å². The van der Waals surface area contributed by atoms with Gasteiger partial charge in [-0.1, -0.05) is 17.2 Å². The van der Waals surface area contributed by atoms with E-state index in [0.717, 1.165) is 22.6 Å². The van der Waals surface area contributed by atoms with Crippen LogP contribution in [-0.2, 0) is 0 Å². The van der Waals surface area contributed by atoms with E-state index in [4.69, 9.17) is 4.74 Å². The van der Waals surface area contributed by atoms with E-state index in [1.807, 2.05) is 30.3 Å². The summed E-state index contributed by atoms with van der Waals surface area (Å²) in [5.41, 5.74) is 2.67. The minimum Gasteiger partial charge on any atom is -0.497 e. The Hall–Kier alpha value is -3.22. The summed E-state index contributed by atoms with van der Waals surface area (Å²) in [5.74, 6) is 1.02. The molecule has 7 heteroatoms. The lowest BCUT2D eigenvalue weighted by Crippen LogP contribution is -2.20. The summed E-state index contributed by atoms with van der Waals surface area (Å²) in [6, 6.07) is 13.8. The van der Waals surface area contributed by atoms with Gasteiger partial charge in [0.1, 0.15) is 17.6 Å². The standard InChI is InChI=1S/C17H14FN5O/c1-24-14-4-2-3-12(9-14)16-10-15(11-5-7-13(18)8-6-11)19-17-20-21-22-23(16)17/h2-10,16H,1H3,(H,19,20,22)/t16-/m0/s1. The number of tetrazole rings is 1. The Bertz CT molecular complexity index is 903. The molecule has 1 aromatic heterocycles. The van der Waals surface area contributed by atoms with Crippen molar-refractivity contribution in [2.24, 2.45) is 0 Å². The molecule has 1 aliphatic rings. The Labute approximate surface area is 137 Å². The molecule has 1 N–H and O–H groups in total. The number of rotatable bonds is 3. The second kappa shape index (κ2) is 5.77. The van der Waals surface area contributed by atoms with Crippen LogP contribution in [-0.4, -0.2) is 27.3 Å². The quantitative estimate of drug-likeness (QED) is 0.803. The maximum absolute atomic E-state index is 13.2. The molecule has 120 valence electrons. The van der Waals surface area contributed by atoms with Gasteiger partial charge in [0.15, 0.2) is 0 Å². The summed E-state index contributed by atoms with van der Waals surface area (Å²) in [7, 11) is 1.63. The first-order valence-electron chi connectivity index (χ1n) is 7.41. The monoisotopic (exact) mass is 323 g/mol. The number of fused-ring (bicyclic) bond motifs is 1. The van der Waals surface area contributed by atoms with Crippen molar-refractivity contribution < 1.29 is 9.13 Å². The van der Waals surface area contributed by atoms with Gasteiger partial charge in [-0.05, 0) is 64.0 Å². The molecule has 3 aromatic rings. The van der Waals surface area contributed by atoms with Gasteiger partial charge in [-0.3, -0.25) is 0 Å². The van der Waals surface area contributed by atoms with Gasteiger partial charge in [0.25, 0.3) is 0 Å². The first-order valence-corrected chi connectivity index (χ1v) is 7.41. The fourth-order valence-corrected chi connectivity index (χ4v) is 2.71. The molecule has 0 fully saturated rings. The van der Waals surface area contributed by atoms with Gasteiger partial charge < -0.3 is 10.1 Å². The highest BCUT2D eigenvalue weighted by Gasteiger charge is 2.24. The van der Waals surface area contributed by atoms with Gasteiger partial charge in [-0.25, -0.2) is 4.39 Å². The third-order valence-corrected chi connectivity index (χ3v) is 3.92. The van der Waals surface area contributed by atoms with Gasteiger partial charge in [-0.2, -0.15) is 4.68 Å². The van der Waals surface area contributed by atoms with Crippen molar-refractivity contribution in [2.75, 3.05) is 12.4 Å². The van der Waals surface area contributed by atoms with E-state index in [1.54, 1.807) is 23.9 Å². The minimum absolute atomic E-state index is 0.189. The molecule has 0 amide bonds. The molecule has 0 unspecified atom stereocenters. The fourth-order valence-electron chi connectivity index (χ4n) is 2.71. The van der Waals surface area contributed by atoms with E-state index in [0.29, 0.717) is 5.95 Å². The number of nitrogens with zero attached hydrogens (tertiary/aromatic N) is 4. The van der Waals surface area contributed by atoms with Crippen molar-refractivity contribution >= 4 is 11.6 Å². The molecule has 6 nitrogen and oxygen atoms in total. The number of anilines is 1. The van der Waals surface area contributed by atoms with Crippen molar-refractivity contribution in [1.82, 2.24) is 20.2 Å². The van der Waals surface area contributed by atoms with E-state index in [1.165, 1.54) is 12.1 Å². The van der Waals surface area contributed by atoms with Crippen molar-refractivity contribution in [3.8, 4) is 5.75 Å². The highest BCUT2D eigenvalue weighted by Crippen LogP contribution is 2.32. The van der Waals surface area contributed by atoms with Crippen molar-refractivity contribution in [1.29, 1.82) is 0 Å². The third-order valence-electron chi connectivity index (χ3n) is 3.92. The summed E-state index contributed by atoms with van der Waals surface area (Å²) in [5, 5.41) is 15.0. The molecular formula is C17H14FN5O. The predicted octanol–water partition coefficient (Wildman–Crippen LogP) is 2.88. The first kappa shape index (κ1) is 14.4. The number of benzene rings is 2. The Balaban J connectivity index is 1.80. The fraction of sp³-hybridized carbons (Fsp3) is 0.118. The molecule has 2 aromatic carbocycles. The van der Waals surface area contributed by atoms with Crippen LogP contribution in [0.1, 0.15) is 17.2 Å². The number of allylic oxidation sites excluding steroid dienone is 1. The van der Waals surface area contributed by atoms with Gasteiger partial charge >= 0.3 is 0 Å². The zero-order chi connectivity index (χ0) is 16.5. The predicted molar refractivity (Wildman–Crippen MR) is 86.9 cm³/mol. The molecule has 1 atom stereocenters. The average Bonchev–Trinajstić information content (AvgIpc) is 3.10. The maximum atomic E-state index is 13.2. The zero-order valence-corrected chi connectivity index (χ0v) is 12.8. The summed E-state index contributed by atoms with van der Waals surface area (Å²) in [6.45, 7) is 0. The lowest BCUT2D eigenvalue weighted by atomic mass is 10.0. The van der Waals surface area contributed by atoms with Gasteiger partial charge in [0, 0.05) is 5.70 Å². The SMILES string of the molecule is COc1cccc([C@@H]2C=C(c3ccc(F)cc3)Nc3nnnn32)c1. The van der Waals surface area contributed by atoms with Crippen molar-refractivity contribution in [3.63, 3.8) is 0 Å². The summed E-state index contributed by atoms with van der Waals surface area (Å²) < 4.78 is 20.2. The molecule has 0 aliphatic carbocycles. The van der Waals surface area contributed by atoms with Crippen LogP contribution in [0.4, 0.5) is 10.3 Å². The van der Waals surface area contributed by atoms with Crippen LogP contribution >= 0.6 is 0 Å². The summed E-state index contributed by atoms with van der Waals surface area (Å²) >= 11 is 0. The second-order valence-corrected chi connectivity index (χ2v) is 5.38. The number of aromatic nitrogens is 4. The number of hydrogen-bond acceptors (Lipinski definition) is 5. The van der Waals surface area contributed by atoms with E-state index in [9.17, 15) is 4.39 Å². The van der Waals surface area contributed by atoms with E-state index >= 15 is 0 Å². The largest absolute Gasteiger partial charge is 0.497 e. The molecule has 0 bridgehead atoms. The third kappa shape index (κ3) is 2.50. The lowest BCUT2D eigenvalue weighted by molar-refractivity contribution is 0.413. The Morgan fingerprint density at radius 3 is 2.79 bits per heavy atom. The minimum atomic E-state index is -0.274. The smallest absolute Gasteiger partial charge is 0.248 e. The molecule has 0 spiro atoms. The Morgan fingerprint density at radius 1 is 1.17 bits per heavy atom. The first-order chi connectivity index (χ1) is 11.7. The van der Waals surface area contributed by atoms with Crippen molar-refractivity contribution in [2.45, 2.75) is 6.04 Å². The van der Waals surface area contributed by atoms with Crippen LogP contribution in [0.2, 0.25) is 0 Å². The molecular weight excluding hydrogens is 309 g/mol. The molecule has 2 heterocycles. The highest BCUT2D eigenvalue weighted by atomic mass is 19.1. The van der Waals surface area contributed by atoms with Gasteiger partial charge in [0.2, 0.25) is 5.95 Å². The molecule has 24 heavy (non-hydrogen) atoms. The summed E-state index contributed by atoms with van der Waals surface area (Å²) in [6.07, 6.45) is 2.01. The molecule has 1 aliphatic heterocycles. The average molecular weight is 323 g/mol. The van der Waals surface area contributed by atoms with Gasteiger partial charge in [0.05, 0.1) is 7.11 Å². The topological polar surface area (TPSA) is 64.9 Å².